The van der Waals surface area contributed by atoms with E-state index >= 15 is 0 Å². The van der Waals surface area contributed by atoms with Gasteiger partial charge in [0.05, 0.1) is 22.6 Å². The summed E-state index contributed by atoms with van der Waals surface area (Å²) in [6, 6.07) is 47.1. The van der Waals surface area contributed by atoms with E-state index in [9.17, 15) is 4.39 Å². The van der Waals surface area contributed by atoms with Crippen molar-refractivity contribution in [2.75, 3.05) is 0 Å². The molecule has 0 aliphatic rings. The minimum atomic E-state index is -2.33. The Kier molecular flexibility index (Phi) is 9.78. The number of para-hydroxylation sites is 2. The summed E-state index contributed by atoms with van der Waals surface area (Å²) in [6.45, 7) is 8.31. The molecule has 0 atom stereocenters. The molecule has 0 N–H and O–H groups in total. The molecule has 0 aliphatic heterocycles. The number of pyridine rings is 2. The van der Waals surface area contributed by atoms with Crippen LogP contribution in [0.4, 0.5) is 4.39 Å². The first kappa shape index (κ1) is 34.7. The summed E-state index contributed by atoms with van der Waals surface area (Å²) in [4.78, 5) is 14.5. The Labute approximate surface area is 344 Å². The van der Waals surface area contributed by atoms with E-state index in [0.29, 0.717) is 11.6 Å². The molecule has 281 valence electrons. The number of hydrogen-bond donors (Lipinski definition) is 0. The van der Waals surface area contributed by atoms with Gasteiger partial charge in [-0.3, -0.25) is 9.37 Å². The fourth-order valence-electron chi connectivity index (χ4n) is 6.81. The largest absolute Gasteiger partial charge is 0.501 e. The van der Waals surface area contributed by atoms with Gasteiger partial charge in [0.15, 0.2) is 5.65 Å². The van der Waals surface area contributed by atoms with Gasteiger partial charge >= 0.3 is 0 Å². The van der Waals surface area contributed by atoms with Gasteiger partial charge in [0.25, 0.3) is 0 Å². The molecule has 0 aliphatic carbocycles. The van der Waals surface area contributed by atoms with Gasteiger partial charge in [0, 0.05) is 52.9 Å². The zero-order valence-corrected chi connectivity index (χ0v) is 34.1. The topological polar surface area (TPSA) is 56.7 Å². The average molecular weight is 916 g/mol. The normalized spacial score (nSPS) is 12.5. The zero-order valence-electron chi connectivity index (χ0n) is 34.7. The van der Waals surface area contributed by atoms with Crippen LogP contribution in [0.5, 0.6) is 0 Å². The number of hydrogen-bond acceptors (Lipinski definition) is 4. The Morgan fingerprint density at radius 3 is 2.27 bits per heavy atom. The van der Waals surface area contributed by atoms with Gasteiger partial charge in [-0.15, -0.1) is 42.0 Å². The van der Waals surface area contributed by atoms with Crippen LogP contribution in [0.2, 0.25) is 0 Å². The number of furan rings is 1. The first-order valence-corrected chi connectivity index (χ1v) is 18.3. The Bertz CT molecular complexity index is 2910. The number of imidazole rings is 1. The van der Waals surface area contributed by atoms with Crippen molar-refractivity contribution < 1.29 is 33.0 Å². The minimum absolute atomic E-state index is 0. The molecule has 4 aromatic heterocycles. The number of nitrogens with zero attached hydrogens (tertiary/aromatic N) is 4. The number of fused-ring (bicyclic) bond motifs is 4. The maximum atomic E-state index is 14.1. The van der Waals surface area contributed by atoms with Crippen molar-refractivity contribution in [2.24, 2.45) is 0 Å². The number of benzene rings is 5. The Morgan fingerprint density at radius 1 is 0.786 bits per heavy atom. The van der Waals surface area contributed by atoms with Crippen LogP contribution < -0.4 is 0 Å². The third-order valence-corrected chi connectivity index (χ3v) is 9.71. The van der Waals surface area contributed by atoms with Crippen LogP contribution in [-0.4, -0.2) is 19.5 Å². The molecule has 56 heavy (non-hydrogen) atoms. The molecule has 0 amide bonds. The van der Waals surface area contributed by atoms with Crippen molar-refractivity contribution in [3.63, 3.8) is 0 Å². The molecule has 1 radical (unpaired) electrons. The van der Waals surface area contributed by atoms with Gasteiger partial charge in [-0.05, 0) is 52.4 Å². The third-order valence-electron chi connectivity index (χ3n) is 9.71. The molecule has 4 heterocycles. The molecule has 0 bridgehead atoms. The Balaban J connectivity index is 0.000000206. The van der Waals surface area contributed by atoms with Crippen LogP contribution in [0.15, 0.2) is 138 Å². The molecule has 5 aromatic carbocycles. The van der Waals surface area contributed by atoms with E-state index in [4.69, 9.17) is 18.5 Å². The Morgan fingerprint density at radius 2 is 1.54 bits per heavy atom. The summed E-state index contributed by atoms with van der Waals surface area (Å²) < 4.78 is 44.5. The monoisotopic (exact) mass is 916 g/mol. The second kappa shape index (κ2) is 15.8. The zero-order chi connectivity index (χ0) is 40.8. The van der Waals surface area contributed by atoms with E-state index in [1.165, 1.54) is 11.6 Å². The molecule has 0 fully saturated rings. The van der Waals surface area contributed by atoms with Crippen molar-refractivity contribution in [3.05, 3.63) is 168 Å². The quantitative estimate of drug-likeness (QED) is 0.161. The van der Waals surface area contributed by atoms with E-state index in [-0.39, 0.29) is 36.6 Å². The Hall–Kier alpha value is -5.75. The molecule has 0 unspecified atom stereocenters. The predicted octanol–water partition coefficient (Wildman–Crippen LogP) is 12.9. The molecule has 0 saturated carbocycles. The van der Waals surface area contributed by atoms with Crippen LogP contribution in [0.3, 0.4) is 0 Å². The van der Waals surface area contributed by atoms with Crippen LogP contribution in [-0.2, 0) is 25.5 Å². The van der Waals surface area contributed by atoms with Crippen LogP contribution in [0, 0.1) is 24.8 Å². The maximum Gasteiger partial charge on any atom is 0.156 e. The molecule has 0 saturated heterocycles. The first-order chi connectivity index (χ1) is 27.8. The fourth-order valence-corrected chi connectivity index (χ4v) is 6.81. The minimum Gasteiger partial charge on any atom is -0.501 e. The molecule has 9 rings (SSSR count). The number of aryl methyl sites for hydroxylation is 1. The van der Waals surface area contributed by atoms with E-state index in [1.54, 1.807) is 12.3 Å². The van der Waals surface area contributed by atoms with Crippen LogP contribution in [0.1, 0.15) is 61.3 Å². The number of aromatic nitrogens is 4. The van der Waals surface area contributed by atoms with Gasteiger partial charge in [-0.25, -0.2) is 4.98 Å². The molecule has 7 heteroatoms. The fraction of sp³-hybridized carbons (Fsp3) is 0.163. The summed E-state index contributed by atoms with van der Waals surface area (Å²) in [7, 11) is 0. The SMILES string of the molecule is CC(C)c1ccccc1-n1c(-c2[c-]ccc3c2oc2ccccc23)nc2ccc(-c3ccccc3)nc21.[2H]C([2H])([2H])c1c[c-]c(-c2ccc(C(C)(C)C)cn2)c(F)c1.[Ir]. The van der Waals surface area contributed by atoms with Crippen molar-refractivity contribution in [1.29, 1.82) is 0 Å². The van der Waals surface area contributed by atoms with Gasteiger partial charge < -0.3 is 14.0 Å². The molecule has 9 aromatic rings. The number of rotatable bonds is 5. The predicted molar refractivity (Wildman–Crippen MR) is 222 cm³/mol. The summed E-state index contributed by atoms with van der Waals surface area (Å²) in [5.41, 5.74) is 9.96. The van der Waals surface area contributed by atoms with Crippen molar-refractivity contribution >= 4 is 33.1 Å². The second-order valence-corrected chi connectivity index (χ2v) is 14.9. The summed E-state index contributed by atoms with van der Waals surface area (Å²) in [5.74, 6) is 0.467. The van der Waals surface area contributed by atoms with E-state index in [2.05, 4.69) is 111 Å². The third kappa shape index (κ3) is 7.45. The molecular weight excluding hydrogens is 872 g/mol. The van der Waals surface area contributed by atoms with E-state index < -0.39 is 12.7 Å². The smallest absolute Gasteiger partial charge is 0.156 e. The van der Waals surface area contributed by atoms with Crippen LogP contribution >= 0.6 is 0 Å². The van der Waals surface area contributed by atoms with Crippen LogP contribution in [0.25, 0.3) is 72.7 Å². The van der Waals surface area contributed by atoms with E-state index in [1.807, 2.05) is 54.6 Å². The standard InChI is InChI=1S/C33H24N3O.C16H17FN.Ir/c1-21(2)23-13-6-8-17-29(23)36-32(26-16-10-15-25-24-14-7-9-18-30(24)37-31(25)26)35-28-20-19-27(34-33(28)36)22-11-4-3-5-12-22;1-11-5-7-13(14(17)9-11)15-8-6-12(10-18-15)16(2,3)4;/h3-15,17-21H,1-2H3;5-6,8-10H,1-4H3;/q2*-1;/i;1D3;. The molecular formula is C49H41FIrN4O-2. The van der Waals surface area contributed by atoms with Crippen molar-refractivity contribution in [1.82, 2.24) is 19.5 Å². The summed E-state index contributed by atoms with van der Waals surface area (Å²) in [6.07, 6.45) is 1.71. The van der Waals surface area contributed by atoms with Crippen molar-refractivity contribution in [3.8, 4) is 39.6 Å². The van der Waals surface area contributed by atoms with E-state index in [0.717, 1.165) is 73.1 Å². The van der Waals surface area contributed by atoms with Gasteiger partial charge in [0.2, 0.25) is 0 Å². The summed E-state index contributed by atoms with van der Waals surface area (Å²) in [5, 5.41) is 2.14. The van der Waals surface area contributed by atoms with Gasteiger partial charge in [-0.1, -0.05) is 137 Å². The maximum absolute atomic E-state index is 14.1. The van der Waals surface area contributed by atoms with Gasteiger partial charge in [-0.2, -0.15) is 0 Å². The first-order valence-electron chi connectivity index (χ1n) is 19.8. The summed E-state index contributed by atoms with van der Waals surface area (Å²) >= 11 is 0. The second-order valence-electron chi connectivity index (χ2n) is 14.9. The molecule has 5 nitrogen and oxygen atoms in total. The van der Waals surface area contributed by atoms with Crippen molar-refractivity contribution in [2.45, 2.75) is 52.8 Å². The average Bonchev–Trinajstić information content (AvgIpc) is 3.79. The molecule has 0 spiro atoms. The van der Waals surface area contributed by atoms with Gasteiger partial charge in [0.1, 0.15) is 5.58 Å². The number of halogens is 1.